The van der Waals surface area contributed by atoms with E-state index in [2.05, 4.69) is 36.8 Å². The molecule has 108 valence electrons. The summed E-state index contributed by atoms with van der Waals surface area (Å²) in [7, 11) is -3.75. The third-order valence-corrected chi connectivity index (χ3v) is 4.53. The molecule has 2 N–H and O–H groups in total. The second kappa shape index (κ2) is 6.25. The predicted octanol–water partition coefficient (Wildman–Crippen LogP) is 2.13. The average molecular weight is 425 g/mol. The number of imidazole rings is 1. The Morgan fingerprint density at radius 2 is 1.95 bits per heavy atom. The average Bonchev–Trinajstić information content (AvgIpc) is 2.84. The van der Waals surface area contributed by atoms with Gasteiger partial charge in [0.1, 0.15) is 12.4 Å². The Hall–Kier alpha value is -0.900. The molecular weight excluding hydrogens is 414 g/mol. The topological polar surface area (TPSA) is 87.2 Å². The number of nitrogens with two attached hydrogens (primary N) is 1. The van der Waals surface area contributed by atoms with E-state index in [0.717, 1.165) is 0 Å². The van der Waals surface area contributed by atoms with Crippen LogP contribution in [0.1, 0.15) is 0 Å². The number of hydrogen-bond acceptors (Lipinski definition) is 4. The first kappa shape index (κ1) is 15.5. The van der Waals surface area contributed by atoms with Crippen LogP contribution >= 0.6 is 31.9 Å². The van der Waals surface area contributed by atoms with E-state index in [1.165, 1.54) is 12.1 Å². The molecule has 0 fully saturated rings. The Morgan fingerprint density at radius 1 is 1.30 bits per heavy atom. The number of nitrogens with zero attached hydrogens (tertiary/aromatic N) is 2. The highest BCUT2D eigenvalue weighted by molar-refractivity contribution is 9.11. The van der Waals surface area contributed by atoms with E-state index in [-0.39, 0.29) is 4.90 Å². The number of benzene rings is 1. The molecule has 20 heavy (non-hydrogen) atoms. The molecule has 0 aliphatic rings. The first-order chi connectivity index (χ1) is 9.38. The Balaban J connectivity index is 2.12. The van der Waals surface area contributed by atoms with Gasteiger partial charge in [0.15, 0.2) is 0 Å². The quantitative estimate of drug-likeness (QED) is 0.796. The molecule has 9 heteroatoms. The Bertz CT molecular complexity index is 679. The summed E-state index contributed by atoms with van der Waals surface area (Å²) in [6.07, 6.45) is 5.21. The molecule has 2 rings (SSSR count). The number of sulfonamides is 1. The standard InChI is InChI=1S/C11H11Br2N3O3S/c12-9-5-8(20(14,17)18)6-10(13)11(9)19-4-3-16-2-1-15-7-16/h1-2,5-7H,3-4H2,(H2,14,17,18). The molecule has 0 saturated heterocycles. The molecule has 1 heterocycles. The SMILES string of the molecule is NS(=O)(=O)c1cc(Br)c(OCCn2ccnc2)c(Br)c1. The van der Waals surface area contributed by atoms with E-state index in [9.17, 15) is 8.42 Å². The lowest BCUT2D eigenvalue weighted by atomic mass is 10.3. The number of aromatic nitrogens is 2. The van der Waals surface area contributed by atoms with E-state index in [0.29, 0.717) is 27.8 Å². The van der Waals surface area contributed by atoms with Crippen molar-refractivity contribution in [2.45, 2.75) is 11.4 Å². The lowest BCUT2D eigenvalue weighted by Crippen LogP contribution is -2.13. The number of hydrogen-bond donors (Lipinski definition) is 1. The molecule has 0 bridgehead atoms. The zero-order chi connectivity index (χ0) is 14.8. The van der Waals surface area contributed by atoms with Crippen molar-refractivity contribution in [3.8, 4) is 5.75 Å². The molecule has 2 aromatic rings. The van der Waals surface area contributed by atoms with Crippen LogP contribution in [0.5, 0.6) is 5.75 Å². The second-order valence-electron chi connectivity index (χ2n) is 3.91. The minimum absolute atomic E-state index is 0.0122. The van der Waals surface area contributed by atoms with Crippen LogP contribution in [0.3, 0.4) is 0 Å². The predicted molar refractivity (Wildman–Crippen MR) is 80.9 cm³/mol. The third kappa shape index (κ3) is 3.81. The van der Waals surface area contributed by atoms with Crippen LogP contribution < -0.4 is 9.88 Å². The van der Waals surface area contributed by atoms with Crippen molar-refractivity contribution in [1.82, 2.24) is 9.55 Å². The summed E-state index contributed by atoms with van der Waals surface area (Å²) in [5.41, 5.74) is 0. The van der Waals surface area contributed by atoms with Crippen molar-refractivity contribution >= 4 is 41.9 Å². The fourth-order valence-electron chi connectivity index (χ4n) is 1.51. The fraction of sp³-hybridized carbons (Fsp3) is 0.182. The molecule has 0 aliphatic carbocycles. The van der Waals surface area contributed by atoms with Gasteiger partial charge in [0.2, 0.25) is 10.0 Å². The fourth-order valence-corrected chi connectivity index (χ4v) is 3.79. The van der Waals surface area contributed by atoms with Crippen LogP contribution in [0.4, 0.5) is 0 Å². The largest absolute Gasteiger partial charge is 0.489 e. The molecule has 1 aromatic heterocycles. The van der Waals surface area contributed by atoms with E-state index in [1.54, 1.807) is 12.5 Å². The smallest absolute Gasteiger partial charge is 0.238 e. The Labute approximate surface area is 133 Å². The summed E-state index contributed by atoms with van der Waals surface area (Å²) < 4.78 is 31.1. The maximum atomic E-state index is 11.3. The number of rotatable bonds is 5. The summed E-state index contributed by atoms with van der Waals surface area (Å²) in [6.45, 7) is 1.05. The third-order valence-electron chi connectivity index (χ3n) is 2.46. The maximum absolute atomic E-state index is 11.3. The zero-order valence-corrected chi connectivity index (χ0v) is 14.2. The van der Waals surface area contributed by atoms with Gasteiger partial charge in [-0.1, -0.05) is 0 Å². The minimum Gasteiger partial charge on any atom is -0.489 e. The van der Waals surface area contributed by atoms with E-state index < -0.39 is 10.0 Å². The second-order valence-corrected chi connectivity index (χ2v) is 7.18. The lowest BCUT2D eigenvalue weighted by Gasteiger charge is -2.12. The van der Waals surface area contributed by atoms with Gasteiger partial charge < -0.3 is 9.30 Å². The molecular formula is C11H11Br2N3O3S. The molecule has 0 spiro atoms. The van der Waals surface area contributed by atoms with Crippen LogP contribution in [-0.4, -0.2) is 24.6 Å². The van der Waals surface area contributed by atoms with E-state index >= 15 is 0 Å². The van der Waals surface area contributed by atoms with E-state index in [4.69, 9.17) is 9.88 Å². The van der Waals surface area contributed by atoms with Gasteiger partial charge in [0.05, 0.1) is 26.7 Å². The van der Waals surface area contributed by atoms with Crippen LogP contribution in [0.2, 0.25) is 0 Å². The zero-order valence-electron chi connectivity index (χ0n) is 10.2. The van der Waals surface area contributed by atoms with Crippen molar-refractivity contribution in [2.24, 2.45) is 5.14 Å². The normalized spacial score (nSPS) is 11.6. The molecule has 0 aliphatic heterocycles. The van der Waals surface area contributed by atoms with Crippen molar-refractivity contribution in [1.29, 1.82) is 0 Å². The molecule has 0 radical (unpaired) electrons. The molecule has 0 saturated carbocycles. The van der Waals surface area contributed by atoms with Gasteiger partial charge in [-0.25, -0.2) is 18.5 Å². The minimum atomic E-state index is -3.75. The Kier molecular flexibility index (Phi) is 4.84. The first-order valence-corrected chi connectivity index (χ1v) is 8.61. The van der Waals surface area contributed by atoms with E-state index in [1.807, 2.05) is 10.8 Å². The number of ether oxygens (including phenoxy) is 1. The highest BCUT2D eigenvalue weighted by atomic mass is 79.9. The first-order valence-electron chi connectivity index (χ1n) is 5.48. The van der Waals surface area contributed by atoms with Gasteiger partial charge in [-0.15, -0.1) is 0 Å². The van der Waals surface area contributed by atoms with Crippen molar-refractivity contribution < 1.29 is 13.2 Å². The number of primary sulfonamides is 1. The van der Waals surface area contributed by atoms with Gasteiger partial charge in [-0.2, -0.15) is 0 Å². The van der Waals surface area contributed by atoms with Crippen LogP contribution in [0, 0.1) is 0 Å². The molecule has 0 atom stereocenters. The van der Waals surface area contributed by atoms with Gasteiger partial charge in [-0.05, 0) is 44.0 Å². The molecule has 0 amide bonds. The summed E-state index contributed by atoms with van der Waals surface area (Å²) in [4.78, 5) is 3.94. The van der Waals surface area contributed by atoms with Gasteiger partial charge in [-0.3, -0.25) is 0 Å². The van der Waals surface area contributed by atoms with Crippen LogP contribution in [-0.2, 0) is 16.6 Å². The van der Waals surface area contributed by atoms with Crippen LogP contribution in [0.15, 0.2) is 44.7 Å². The lowest BCUT2D eigenvalue weighted by molar-refractivity contribution is 0.294. The Morgan fingerprint density at radius 3 is 2.45 bits per heavy atom. The summed E-state index contributed by atoms with van der Waals surface area (Å²) in [5.74, 6) is 0.525. The summed E-state index contributed by atoms with van der Waals surface area (Å²) in [5, 5.41) is 5.09. The van der Waals surface area contributed by atoms with Crippen LogP contribution in [0.25, 0.3) is 0 Å². The molecule has 6 nitrogen and oxygen atoms in total. The van der Waals surface area contributed by atoms with Crippen molar-refractivity contribution in [3.05, 3.63) is 39.8 Å². The highest BCUT2D eigenvalue weighted by Gasteiger charge is 2.15. The van der Waals surface area contributed by atoms with Crippen molar-refractivity contribution in [2.75, 3.05) is 6.61 Å². The highest BCUT2D eigenvalue weighted by Crippen LogP contribution is 2.35. The molecule has 1 aromatic carbocycles. The summed E-state index contributed by atoms with van der Waals surface area (Å²) >= 11 is 6.55. The van der Waals surface area contributed by atoms with Crippen molar-refractivity contribution in [3.63, 3.8) is 0 Å². The summed E-state index contributed by atoms with van der Waals surface area (Å²) in [6, 6.07) is 2.82. The maximum Gasteiger partial charge on any atom is 0.238 e. The molecule has 0 unspecified atom stereocenters. The monoisotopic (exact) mass is 423 g/mol. The van der Waals surface area contributed by atoms with Gasteiger partial charge in [0.25, 0.3) is 0 Å². The van der Waals surface area contributed by atoms with Gasteiger partial charge in [0, 0.05) is 12.4 Å². The number of halogens is 2. The van der Waals surface area contributed by atoms with Gasteiger partial charge >= 0.3 is 0 Å².